The molecule has 1 aromatic heterocycles. The van der Waals surface area contributed by atoms with Gasteiger partial charge in [0, 0.05) is 38.8 Å². The number of anilines is 3. The minimum absolute atomic E-state index is 0.556. The van der Waals surface area contributed by atoms with Crippen molar-refractivity contribution in [1.29, 1.82) is 0 Å². The number of nitrogens with one attached hydrogen (secondary N) is 2. The number of aromatic nitrogens is 2. The Morgan fingerprint density at radius 1 is 1.03 bits per heavy atom. The van der Waals surface area contributed by atoms with Crippen molar-refractivity contribution in [1.82, 2.24) is 15.3 Å². The molecule has 8 heteroatoms. The Bertz CT molecular complexity index is 895. The number of nitrogens with zero attached hydrogens (tertiary/aromatic N) is 4. The van der Waals surface area contributed by atoms with Crippen LogP contribution in [0.1, 0.15) is 32.3 Å². The number of hydrogen-bond donors (Lipinski definition) is 2. The Kier molecular flexibility index (Phi) is 8.34. The van der Waals surface area contributed by atoms with Gasteiger partial charge in [0.2, 0.25) is 5.95 Å². The van der Waals surface area contributed by atoms with Gasteiger partial charge in [0.1, 0.15) is 11.6 Å². The molecule has 2 saturated heterocycles. The molecule has 0 aliphatic carbocycles. The molecular formula is C25H36N6OS. The maximum atomic E-state index is 5.55. The maximum Gasteiger partial charge on any atom is 0.232 e. The lowest BCUT2D eigenvalue weighted by atomic mass is 9.92. The molecule has 3 heterocycles. The van der Waals surface area contributed by atoms with E-state index in [-0.39, 0.29) is 0 Å². The first-order chi connectivity index (χ1) is 16.1. The zero-order valence-electron chi connectivity index (χ0n) is 19.8. The predicted molar refractivity (Wildman–Crippen MR) is 139 cm³/mol. The van der Waals surface area contributed by atoms with Crippen molar-refractivity contribution in [2.24, 2.45) is 11.8 Å². The molecule has 178 valence electrons. The van der Waals surface area contributed by atoms with Crippen LogP contribution in [0.25, 0.3) is 0 Å². The van der Waals surface area contributed by atoms with Gasteiger partial charge in [-0.1, -0.05) is 44.2 Å². The summed E-state index contributed by atoms with van der Waals surface area (Å²) in [4.78, 5) is 14.3. The van der Waals surface area contributed by atoms with E-state index in [2.05, 4.69) is 64.6 Å². The molecule has 2 N–H and O–H groups in total. The van der Waals surface area contributed by atoms with Gasteiger partial charge in [-0.05, 0) is 48.9 Å². The zero-order valence-corrected chi connectivity index (χ0v) is 20.6. The van der Waals surface area contributed by atoms with E-state index in [4.69, 9.17) is 26.9 Å². The average Bonchev–Trinajstić information content (AvgIpc) is 2.82. The van der Waals surface area contributed by atoms with Crippen LogP contribution in [0.15, 0.2) is 36.4 Å². The van der Waals surface area contributed by atoms with Gasteiger partial charge in [-0.15, -0.1) is 0 Å². The molecule has 1 aromatic carbocycles. The summed E-state index contributed by atoms with van der Waals surface area (Å²) in [5, 5.41) is 7.11. The topological polar surface area (TPSA) is 65.6 Å². The van der Waals surface area contributed by atoms with Crippen molar-refractivity contribution in [3.05, 3.63) is 42.0 Å². The Hall–Kier alpha value is -2.45. The number of thiocarbonyl (C=S) groups is 1. The molecule has 2 aliphatic rings. The molecule has 7 nitrogen and oxygen atoms in total. The van der Waals surface area contributed by atoms with Crippen LogP contribution in [0, 0.1) is 11.8 Å². The smallest absolute Gasteiger partial charge is 0.232 e. The van der Waals surface area contributed by atoms with Crippen LogP contribution in [0.4, 0.5) is 17.6 Å². The Balaban J connectivity index is 1.41. The number of morpholine rings is 1. The highest BCUT2D eigenvalue weighted by atomic mass is 32.1. The number of aryl methyl sites for hydroxylation is 1. The molecule has 0 bridgehead atoms. The van der Waals surface area contributed by atoms with E-state index in [1.54, 1.807) is 0 Å². The summed E-state index contributed by atoms with van der Waals surface area (Å²) in [6.45, 7) is 10.6. The predicted octanol–water partition coefficient (Wildman–Crippen LogP) is 3.71. The number of benzene rings is 1. The number of hydrogen-bond acceptors (Lipinski definition) is 6. The summed E-state index contributed by atoms with van der Waals surface area (Å²) < 4.78 is 5.54. The highest BCUT2D eigenvalue weighted by Crippen LogP contribution is 2.28. The first-order valence-electron chi connectivity index (χ1n) is 12.1. The Morgan fingerprint density at radius 3 is 2.39 bits per heavy atom. The lowest BCUT2D eigenvalue weighted by Crippen LogP contribution is -2.40. The molecule has 33 heavy (non-hydrogen) atoms. The van der Waals surface area contributed by atoms with Crippen LogP contribution >= 0.6 is 12.2 Å². The van der Waals surface area contributed by atoms with Crippen molar-refractivity contribution in [2.45, 2.75) is 33.1 Å². The summed E-state index contributed by atoms with van der Waals surface area (Å²) in [6, 6.07) is 12.6. The van der Waals surface area contributed by atoms with Crippen LogP contribution in [-0.2, 0) is 11.2 Å². The van der Waals surface area contributed by atoms with Gasteiger partial charge in [-0.2, -0.15) is 9.97 Å². The zero-order chi connectivity index (χ0) is 23.0. The third-order valence-corrected chi connectivity index (χ3v) is 6.47. The highest BCUT2D eigenvalue weighted by molar-refractivity contribution is 7.80. The SMILES string of the molecule is C[C@@H]1C[C@@H](C)CN(c2cc(N3CCOCC3)nc(NC(=S)NCCCc3ccccc3)n2)C1. The molecule has 0 spiro atoms. The maximum absolute atomic E-state index is 5.55. The fourth-order valence-corrected chi connectivity index (χ4v) is 4.92. The van der Waals surface area contributed by atoms with E-state index in [1.165, 1.54) is 12.0 Å². The summed E-state index contributed by atoms with van der Waals surface area (Å²) in [7, 11) is 0. The van der Waals surface area contributed by atoms with Gasteiger partial charge in [0.15, 0.2) is 5.11 Å². The van der Waals surface area contributed by atoms with Crippen molar-refractivity contribution in [3.8, 4) is 0 Å². The molecule has 2 aliphatic heterocycles. The van der Waals surface area contributed by atoms with Gasteiger partial charge in [0.05, 0.1) is 13.2 Å². The largest absolute Gasteiger partial charge is 0.378 e. The summed E-state index contributed by atoms with van der Waals surface area (Å²) in [5.74, 6) is 3.77. The first-order valence-corrected chi connectivity index (χ1v) is 12.5. The molecule has 0 unspecified atom stereocenters. The third kappa shape index (κ3) is 7.01. The first kappa shape index (κ1) is 23.7. The Morgan fingerprint density at radius 2 is 1.70 bits per heavy atom. The molecule has 0 radical (unpaired) electrons. The molecule has 0 saturated carbocycles. The number of piperidine rings is 1. The van der Waals surface area contributed by atoms with Gasteiger partial charge < -0.3 is 25.2 Å². The molecule has 2 fully saturated rings. The van der Waals surface area contributed by atoms with Gasteiger partial charge in [-0.3, -0.25) is 0 Å². The fourth-order valence-electron chi connectivity index (χ4n) is 4.73. The molecule has 2 atom stereocenters. The van der Waals surface area contributed by atoms with E-state index in [9.17, 15) is 0 Å². The lowest BCUT2D eigenvalue weighted by molar-refractivity contribution is 0.122. The molecule has 2 aromatic rings. The summed E-state index contributed by atoms with van der Waals surface area (Å²) in [6.07, 6.45) is 3.30. The number of rotatable bonds is 7. The highest BCUT2D eigenvalue weighted by Gasteiger charge is 2.25. The van der Waals surface area contributed by atoms with E-state index in [1.807, 2.05) is 6.07 Å². The van der Waals surface area contributed by atoms with Crippen LogP contribution in [0.3, 0.4) is 0 Å². The van der Waals surface area contributed by atoms with Crippen LogP contribution < -0.4 is 20.4 Å². The minimum Gasteiger partial charge on any atom is -0.378 e. The second-order valence-corrected chi connectivity index (χ2v) is 9.74. The summed E-state index contributed by atoms with van der Waals surface area (Å²) in [5.41, 5.74) is 1.34. The summed E-state index contributed by atoms with van der Waals surface area (Å²) >= 11 is 5.55. The monoisotopic (exact) mass is 468 g/mol. The third-order valence-electron chi connectivity index (χ3n) is 6.22. The molecule has 4 rings (SSSR count). The van der Waals surface area contributed by atoms with E-state index < -0.39 is 0 Å². The van der Waals surface area contributed by atoms with Crippen molar-refractivity contribution < 1.29 is 4.74 Å². The second-order valence-electron chi connectivity index (χ2n) is 9.33. The van der Waals surface area contributed by atoms with Crippen molar-refractivity contribution in [3.63, 3.8) is 0 Å². The minimum atomic E-state index is 0.556. The standard InChI is InChI=1S/C25H36N6OS/c1-19-15-20(2)18-31(17-19)23-16-22(30-11-13-32-14-12-30)27-24(28-23)29-25(33)26-10-6-9-21-7-4-3-5-8-21/h3-5,7-8,16,19-20H,6,9-15,17-18H2,1-2H3,(H2,26,27,28,29,33)/t19-,20-/m1/s1. The van der Waals surface area contributed by atoms with E-state index >= 15 is 0 Å². The van der Waals surface area contributed by atoms with E-state index in [0.29, 0.717) is 22.9 Å². The van der Waals surface area contributed by atoms with Gasteiger partial charge >= 0.3 is 0 Å². The lowest BCUT2D eigenvalue weighted by Gasteiger charge is -2.36. The Labute approximate surface area is 202 Å². The van der Waals surface area contributed by atoms with Gasteiger partial charge in [-0.25, -0.2) is 0 Å². The average molecular weight is 469 g/mol. The van der Waals surface area contributed by atoms with Crippen molar-refractivity contribution in [2.75, 3.05) is 61.1 Å². The van der Waals surface area contributed by atoms with Crippen LogP contribution in [0.2, 0.25) is 0 Å². The van der Waals surface area contributed by atoms with Crippen LogP contribution in [-0.4, -0.2) is 61.0 Å². The van der Waals surface area contributed by atoms with Crippen molar-refractivity contribution >= 4 is 34.9 Å². The van der Waals surface area contributed by atoms with Gasteiger partial charge in [0.25, 0.3) is 0 Å². The molecule has 0 amide bonds. The normalized spacial score (nSPS) is 21.0. The quantitative estimate of drug-likeness (QED) is 0.471. The fraction of sp³-hybridized carbons (Fsp3) is 0.560. The molecular weight excluding hydrogens is 432 g/mol. The van der Waals surface area contributed by atoms with Crippen LogP contribution in [0.5, 0.6) is 0 Å². The number of ether oxygens (including phenoxy) is 1. The van der Waals surface area contributed by atoms with E-state index in [0.717, 1.165) is 70.4 Å². The second kappa shape index (κ2) is 11.6.